The van der Waals surface area contributed by atoms with Crippen LogP contribution in [-0.4, -0.2) is 39.3 Å². The molecule has 23 heavy (non-hydrogen) atoms. The molecule has 0 spiro atoms. The molecular formula is C18H18N4O. The minimum Gasteiger partial charge on any atom is -0.391 e. The molecule has 1 aromatic carbocycles. The van der Waals surface area contributed by atoms with E-state index in [1.807, 2.05) is 36.4 Å². The van der Waals surface area contributed by atoms with Gasteiger partial charge in [0.25, 0.3) is 0 Å². The topological polar surface area (TPSA) is 62.1 Å². The summed E-state index contributed by atoms with van der Waals surface area (Å²) in [6.45, 7) is 1.53. The van der Waals surface area contributed by atoms with E-state index in [4.69, 9.17) is 9.97 Å². The Hall–Kier alpha value is -2.53. The first-order valence-corrected chi connectivity index (χ1v) is 7.91. The predicted molar refractivity (Wildman–Crippen MR) is 90.2 cm³/mol. The molecular weight excluding hydrogens is 288 g/mol. The zero-order valence-electron chi connectivity index (χ0n) is 12.8. The van der Waals surface area contributed by atoms with Crippen molar-refractivity contribution in [2.45, 2.75) is 18.9 Å². The van der Waals surface area contributed by atoms with E-state index in [0.717, 1.165) is 41.7 Å². The summed E-state index contributed by atoms with van der Waals surface area (Å²) < 4.78 is 0. The minimum absolute atomic E-state index is 0.290. The maximum atomic E-state index is 10.0. The molecule has 1 saturated heterocycles. The summed E-state index contributed by atoms with van der Waals surface area (Å²) in [5, 5.41) is 11.0. The summed E-state index contributed by atoms with van der Waals surface area (Å²) in [7, 11) is 0. The Morgan fingerprint density at radius 2 is 1.87 bits per heavy atom. The van der Waals surface area contributed by atoms with E-state index in [9.17, 15) is 5.11 Å². The van der Waals surface area contributed by atoms with Crippen LogP contribution < -0.4 is 4.90 Å². The maximum absolute atomic E-state index is 10.0. The van der Waals surface area contributed by atoms with Crippen LogP contribution in [0.5, 0.6) is 0 Å². The van der Waals surface area contributed by atoms with E-state index in [1.165, 1.54) is 0 Å². The lowest BCUT2D eigenvalue weighted by molar-refractivity contribution is 0.154. The van der Waals surface area contributed by atoms with Crippen LogP contribution in [0.1, 0.15) is 12.8 Å². The second kappa shape index (κ2) is 5.93. The molecule has 0 aliphatic carbocycles. The highest BCUT2D eigenvalue weighted by Crippen LogP contribution is 2.29. The van der Waals surface area contributed by atoms with Crippen LogP contribution in [-0.2, 0) is 0 Å². The van der Waals surface area contributed by atoms with E-state index < -0.39 is 0 Å². The second-order valence-electron chi connectivity index (χ2n) is 5.87. The summed E-state index contributed by atoms with van der Waals surface area (Å²) in [6.07, 6.45) is 5.04. The van der Waals surface area contributed by atoms with Crippen molar-refractivity contribution in [3.05, 3.63) is 48.8 Å². The fraction of sp³-hybridized carbons (Fsp3) is 0.278. The Labute approximate surface area is 134 Å². The van der Waals surface area contributed by atoms with Gasteiger partial charge in [-0.15, -0.1) is 0 Å². The fourth-order valence-electron chi connectivity index (χ4n) is 3.08. The van der Waals surface area contributed by atoms with Gasteiger partial charge >= 0.3 is 0 Å². The SMILES string of the molecule is O[C@H]1CCCN(c2nc(-c3ccncc3)nc3ccccc23)C1. The number of hydrogen-bond acceptors (Lipinski definition) is 5. The van der Waals surface area contributed by atoms with Gasteiger partial charge in [-0.05, 0) is 37.1 Å². The van der Waals surface area contributed by atoms with Crippen molar-refractivity contribution in [3.63, 3.8) is 0 Å². The van der Waals surface area contributed by atoms with Crippen molar-refractivity contribution in [2.24, 2.45) is 0 Å². The molecule has 0 bridgehead atoms. The number of fused-ring (bicyclic) bond motifs is 1. The van der Waals surface area contributed by atoms with Gasteiger partial charge in [0.15, 0.2) is 5.82 Å². The smallest absolute Gasteiger partial charge is 0.162 e. The number of aliphatic hydroxyl groups excluding tert-OH is 1. The van der Waals surface area contributed by atoms with Gasteiger partial charge in [-0.1, -0.05) is 12.1 Å². The Morgan fingerprint density at radius 1 is 1.04 bits per heavy atom. The van der Waals surface area contributed by atoms with Crippen LogP contribution >= 0.6 is 0 Å². The van der Waals surface area contributed by atoms with Crippen LogP contribution in [0.25, 0.3) is 22.3 Å². The average molecular weight is 306 g/mol. The maximum Gasteiger partial charge on any atom is 0.162 e. The first-order chi connectivity index (χ1) is 11.3. The molecule has 1 atom stereocenters. The molecule has 116 valence electrons. The van der Waals surface area contributed by atoms with Gasteiger partial charge in [0.1, 0.15) is 5.82 Å². The highest BCUT2D eigenvalue weighted by atomic mass is 16.3. The van der Waals surface area contributed by atoms with Gasteiger partial charge < -0.3 is 10.0 Å². The van der Waals surface area contributed by atoms with Gasteiger partial charge in [0, 0.05) is 36.4 Å². The molecule has 1 fully saturated rings. The van der Waals surface area contributed by atoms with Gasteiger partial charge in [0.2, 0.25) is 0 Å². The number of nitrogens with zero attached hydrogens (tertiary/aromatic N) is 4. The molecule has 3 heterocycles. The van der Waals surface area contributed by atoms with Crippen LogP contribution in [0, 0.1) is 0 Å². The number of para-hydroxylation sites is 1. The van der Waals surface area contributed by atoms with Crippen LogP contribution in [0.2, 0.25) is 0 Å². The molecule has 2 aromatic heterocycles. The summed E-state index contributed by atoms with van der Waals surface area (Å²) in [4.78, 5) is 15.7. The first-order valence-electron chi connectivity index (χ1n) is 7.91. The first kappa shape index (κ1) is 14.1. The number of aromatic nitrogens is 3. The predicted octanol–water partition coefficient (Wildman–Crippen LogP) is 2.65. The molecule has 5 heteroatoms. The Kier molecular flexibility index (Phi) is 3.63. The quantitative estimate of drug-likeness (QED) is 0.788. The van der Waals surface area contributed by atoms with E-state index in [2.05, 4.69) is 9.88 Å². The number of piperidine rings is 1. The number of rotatable bonds is 2. The number of β-amino-alcohol motifs (C(OH)–C–C–N with tert-alkyl or cyclic N) is 1. The normalized spacial score (nSPS) is 18.3. The van der Waals surface area contributed by atoms with E-state index in [0.29, 0.717) is 12.4 Å². The van der Waals surface area contributed by atoms with Crippen LogP contribution in [0.4, 0.5) is 5.82 Å². The lowest BCUT2D eigenvalue weighted by Crippen LogP contribution is -2.38. The average Bonchev–Trinajstić information content (AvgIpc) is 2.61. The molecule has 3 aromatic rings. The van der Waals surface area contributed by atoms with E-state index in [1.54, 1.807) is 12.4 Å². The van der Waals surface area contributed by atoms with Crippen molar-refractivity contribution < 1.29 is 5.11 Å². The second-order valence-corrected chi connectivity index (χ2v) is 5.87. The summed E-state index contributed by atoms with van der Waals surface area (Å²) >= 11 is 0. The molecule has 0 saturated carbocycles. The lowest BCUT2D eigenvalue weighted by atomic mass is 10.1. The Balaban J connectivity index is 1.87. The van der Waals surface area contributed by atoms with Crippen LogP contribution in [0.15, 0.2) is 48.8 Å². The van der Waals surface area contributed by atoms with Gasteiger partial charge in [-0.25, -0.2) is 9.97 Å². The Morgan fingerprint density at radius 3 is 2.70 bits per heavy atom. The summed E-state index contributed by atoms with van der Waals surface area (Å²) in [6, 6.07) is 11.9. The molecule has 1 N–H and O–H groups in total. The third-order valence-electron chi connectivity index (χ3n) is 4.22. The molecule has 4 rings (SSSR count). The minimum atomic E-state index is -0.290. The molecule has 1 aliphatic heterocycles. The van der Waals surface area contributed by atoms with Crippen molar-refractivity contribution in [2.75, 3.05) is 18.0 Å². The number of benzene rings is 1. The summed E-state index contributed by atoms with van der Waals surface area (Å²) in [5.74, 6) is 1.60. The van der Waals surface area contributed by atoms with Crippen molar-refractivity contribution >= 4 is 16.7 Å². The number of hydrogen-bond donors (Lipinski definition) is 1. The third kappa shape index (κ3) is 2.75. The highest BCUT2D eigenvalue weighted by molar-refractivity contribution is 5.91. The van der Waals surface area contributed by atoms with E-state index >= 15 is 0 Å². The zero-order chi connectivity index (χ0) is 15.6. The molecule has 0 radical (unpaired) electrons. The van der Waals surface area contributed by atoms with Gasteiger partial charge in [0.05, 0.1) is 11.6 Å². The number of pyridine rings is 1. The molecule has 0 unspecified atom stereocenters. The van der Waals surface area contributed by atoms with Crippen molar-refractivity contribution in [1.82, 2.24) is 15.0 Å². The van der Waals surface area contributed by atoms with Crippen molar-refractivity contribution in [3.8, 4) is 11.4 Å². The highest BCUT2D eigenvalue weighted by Gasteiger charge is 2.21. The third-order valence-corrected chi connectivity index (χ3v) is 4.22. The molecule has 5 nitrogen and oxygen atoms in total. The lowest BCUT2D eigenvalue weighted by Gasteiger charge is -2.31. The van der Waals surface area contributed by atoms with Gasteiger partial charge in [-0.2, -0.15) is 0 Å². The standard InChI is InChI=1S/C18H18N4O/c23-14-4-3-11-22(12-14)18-15-5-1-2-6-16(15)20-17(21-18)13-7-9-19-10-8-13/h1-2,5-10,14,23H,3-4,11-12H2/t14-/m0/s1. The zero-order valence-corrected chi connectivity index (χ0v) is 12.8. The fourth-order valence-corrected chi connectivity index (χ4v) is 3.08. The number of anilines is 1. The van der Waals surface area contributed by atoms with Crippen LogP contribution in [0.3, 0.4) is 0 Å². The monoisotopic (exact) mass is 306 g/mol. The molecule has 0 amide bonds. The van der Waals surface area contributed by atoms with E-state index in [-0.39, 0.29) is 6.10 Å². The van der Waals surface area contributed by atoms with Gasteiger partial charge in [-0.3, -0.25) is 4.98 Å². The molecule has 1 aliphatic rings. The summed E-state index contributed by atoms with van der Waals surface area (Å²) in [5.41, 5.74) is 1.87. The number of aliphatic hydroxyl groups is 1. The Bertz CT molecular complexity index is 822. The van der Waals surface area contributed by atoms with Crippen molar-refractivity contribution in [1.29, 1.82) is 0 Å². The largest absolute Gasteiger partial charge is 0.391 e.